The molecule has 1 radical (unpaired) electrons. The number of carbonyl (C=O) groups is 1. The van der Waals surface area contributed by atoms with Gasteiger partial charge >= 0.3 is 0 Å². The predicted molar refractivity (Wildman–Crippen MR) is 52.8 cm³/mol. The summed E-state index contributed by atoms with van der Waals surface area (Å²) < 4.78 is 1.06. The van der Waals surface area contributed by atoms with Crippen molar-refractivity contribution in [2.45, 2.75) is 6.92 Å². The average Bonchev–Trinajstić information content (AvgIpc) is 2.44. The number of benzene rings is 1. The fourth-order valence-corrected chi connectivity index (χ4v) is 1.91. The molecule has 13 heavy (non-hydrogen) atoms. The van der Waals surface area contributed by atoms with Crippen molar-refractivity contribution in [2.75, 3.05) is 5.32 Å². The second kappa shape index (κ2) is 3.14. The number of anilines is 1. The number of aromatic nitrogens is 1. The molecule has 3 nitrogen and oxygen atoms in total. The van der Waals surface area contributed by atoms with Gasteiger partial charge in [0.05, 0.1) is 10.2 Å². The van der Waals surface area contributed by atoms with Gasteiger partial charge < -0.3 is 5.32 Å². The largest absolute Gasteiger partial charge is 0.302 e. The number of hydrogen-bond donors (Lipinski definition) is 1. The van der Waals surface area contributed by atoms with E-state index in [1.54, 1.807) is 6.07 Å². The molecule has 0 spiro atoms. The Kier molecular flexibility index (Phi) is 1.98. The Morgan fingerprint density at radius 1 is 1.69 bits per heavy atom. The molecule has 0 unspecified atom stereocenters. The van der Waals surface area contributed by atoms with Crippen molar-refractivity contribution in [1.82, 2.24) is 4.98 Å². The van der Waals surface area contributed by atoms with Crippen LogP contribution in [0.25, 0.3) is 10.2 Å². The average molecular weight is 191 g/mol. The minimum absolute atomic E-state index is 0.0944. The minimum Gasteiger partial charge on any atom is -0.302 e. The van der Waals surface area contributed by atoms with Crippen LogP contribution in [0.15, 0.2) is 18.2 Å². The molecule has 0 aliphatic rings. The first kappa shape index (κ1) is 8.19. The van der Waals surface area contributed by atoms with Crippen LogP contribution in [0.1, 0.15) is 6.92 Å². The van der Waals surface area contributed by atoms with E-state index in [2.05, 4.69) is 16.4 Å². The van der Waals surface area contributed by atoms with Crippen molar-refractivity contribution in [1.29, 1.82) is 0 Å². The lowest BCUT2D eigenvalue weighted by Gasteiger charge is -1.91. The van der Waals surface area contributed by atoms with E-state index in [-0.39, 0.29) is 5.91 Å². The Balaban J connectivity index is 2.44. The highest BCUT2D eigenvalue weighted by molar-refractivity contribution is 7.22. The van der Waals surface area contributed by atoms with Crippen molar-refractivity contribution < 1.29 is 4.79 Å². The molecule has 1 aromatic carbocycles. The lowest BCUT2D eigenvalue weighted by molar-refractivity contribution is -0.114. The quantitative estimate of drug-likeness (QED) is 0.749. The van der Waals surface area contributed by atoms with E-state index in [0.717, 1.165) is 10.2 Å². The molecular weight excluding hydrogens is 184 g/mol. The summed E-state index contributed by atoms with van der Waals surface area (Å²) in [5.41, 5.74) is 0.872. The Morgan fingerprint density at radius 2 is 2.54 bits per heavy atom. The first-order valence-corrected chi connectivity index (χ1v) is 4.61. The summed E-state index contributed by atoms with van der Waals surface area (Å²) in [7, 11) is 0. The molecule has 4 heteroatoms. The molecule has 1 amide bonds. The minimum atomic E-state index is -0.0944. The van der Waals surface area contributed by atoms with Crippen molar-refractivity contribution in [3.63, 3.8) is 0 Å². The van der Waals surface area contributed by atoms with Gasteiger partial charge in [0.2, 0.25) is 5.91 Å². The Bertz CT molecular complexity index is 417. The molecule has 0 atom stereocenters. The van der Waals surface area contributed by atoms with Gasteiger partial charge in [0.25, 0.3) is 0 Å². The SMILES string of the molecule is CC(=O)Nc1nc2c[c]ccc2s1. The molecule has 1 aromatic heterocycles. The van der Waals surface area contributed by atoms with Crippen LogP contribution in [-0.4, -0.2) is 10.9 Å². The van der Waals surface area contributed by atoms with Crippen LogP contribution in [0.2, 0.25) is 0 Å². The molecule has 0 saturated carbocycles. The Hall–Kier alpha value is -1.42. The fourth-order valence-electron chi connectivity index (χ4n) is 1.02. The van der Waals surface area contributed by atoms with E-state index < -0.39 is 0 Å². The fraction of sp³-hybridized carbons (Fsp3) is 0.111. The zero-order valence-electron chi connectivity index (χ0n) is 7.00. The Labute approximate surface area is 79.4 Å². The number of amides is 1. The van der Waals surface area contributed by atoms with Crippen LogP contribution in [0.5, 0.6) is 0 Å². The summed E-state index contributed by atoms with van der Waals surface area (Å²) in [5, 5.41) is 3.29. The molecule has 0 aliphatic heterocycles. The van der Waals surface area contributed by atoms with Crippen molar-refractivity contribution >= 4 is 32.6 Å². The smallest absolute Gasteiger partial charge is 0.223 e. The van der Waals surface area contributed by atoms with E-state index >= 15 is 0 Å². The van der Waals surface area contributed by atoms with Crippen LogP contribution in [-0.2, 0) is 4.79 Å². The standard InChI is InChI=1S/C9H7N2OS/c1-6(12)10-9-11-7-4-2-3-5-8(7)13-9/h3-5H,1H3,(H,10,11,12). The molecule has 0 saturated heterocycles. The summed E-state index contributed by atoms with van der Waals surface area (Å²) in [6.07, 6.45) is 0. The molecular formula is C9H7N2OS. The van der Waals surface area contributed by atoms with E-state index in [4.69, 9.17) is 0 Å². The van der Waals surface area contributed by atoms with Gasteiger partial charge in [0.1, 0.15) is 0 Å². The highest BCUT2D eigenvalue weighted by Crippen LogP contribution is 2.24. The van der Waals surface area contributed by atoms with Crippen LogP contribution in [0.3, 0.4) is 0 Å². The van der Waals surface area contributed by atoms with Gasteiger partial charge in [-0.05, 0) is 18.2 Å². The third-order valence-electron chi connectivity index (χ3n) is 1.52. The van der Waals surface area contributed by atoms with Crippen LogP contribution < -0.4 is 5.32 Å². The van der Waals surface area contributed by atoms with Gasteiger partial charge in [-0.3, -0.25) is 4.79 Å². The van der Waals surface area contributed by atoms with Gasteiger partial charge in [0, 0.05) is 6.92 Å². The predicted octanol–water partition coefficient (Wildman–Crippen LogP) is 2.05. The highest BCUT2D eigenvalue weighted by Gasteiger charge is 2.02. The number of nitrogens with one attached hydrogen (secondary N) is 1. The summed E-state index contributed by atoms with van der Waals surface area (Å²) in [5.74, 6) is -0.0944. The molecule has 2 aromatic rings. The number of hydrogen-bond acceptors (Lipinski definition) is 3. The summed E-state index contributed by atoms with van der Waals surface area (Å²) >= 11 is 1.46. The maximum atomic E-state index is 10.7. The molecule has 2 rings (SSSR count). The summed E-state index contributed by atoms with van der Waals surface area (Å²) in [4.78, 5) is 14.9. The molecule has 1 heterocycles. The molecule has 0 fully saturated rings. The van der Waals surface area contributed by atoms with Crippen LogP contribution in [0, 0.1) is 6.07 Å². The molecule has 0 aliphatic carbocycles. The van der Waals surface area contributed by atoms with Crippen LogP contribution in [0.4, 0.5) is 5.13 Å². The third kappa shape index (κ3) is 1.67. The Morgan fingerprint density at radius 3 is 3.23 bits per heavy atom. The van der Waals surface area contributed by atoms with Gasteiger partial charge in [-0.25, -0.2) is 4.98 Å². The monoisotopic (exact) mass is 191 g/mol. The second-order valence-electron chi connectivity index (χ2n) is 2.59. The van der Waals surface area contributed by atoms with Gasteiger partial charge in [-0.15, -0.1) is 0 Å². The molecule has 0 bridgehead atoms. The summed E-state index contributed by atoms with van der Waals surface area (Å²) in [6.45, 7) is 1.47. The second-order valence-corrected chi connectivity index (χ2v) is 3.62. The van der Waals surface area contributed by atoms with E-state index in [0.29, 0.717) is 5.13 Å². The normalized spacial score (nSPS) is 10.2. The number of nitrogens with zero attached hydrogens (tertiary/aromatic N) is 1. The van der Waals surface area contributed by atoms with Crippen molar-refractivity contribution in [3.05, 3.63) is 24.3 Å². The number of fused-ring (bicyclic) bond motifs is 1. The first-order chi connectivity index (χ1) is 6.25. The lowest BCUT2D eigenvalue weighted by atomic mass is 10.3. The zero-order chi connectivity index (χ0) is 9.26. The van der Waals surface area contributed by atoms with Gasteiger partial charge in [0.15, 0.2) is 5.13 Å². The maximum Gasteiger partial charge on any atom is 0.223 e. The maximum absolute atomic E-state index is 10.7. The van der Waals surface area contributed by atoms with Crippen LogP contribution >= 0.6 is 11.3 Å². The van der Waals surface area contributed by atoms with Crippen molar-refractivity contribution in [2.24, 2.45) is 0 Å². The van der Waals surface area contributed by atoms with Gasteiger partial charge in [-0.1, -0.05) is 17.4 Å². The highest BCUT2D eigenvalue weighted by atomic mass is 32.1. The summed E-state index contributed by atoms with van der Waals surface area (Å²) in [6, 6.07) is 8.50. The third-order valence-corrected chi connectivity index (χ3v) is 2.47. The van der Waals surface area contributed by atoms with E-state index in [1.807, 2.05) is 12.1 Å². The number of carbonyl (C=O) groups excluding carboxylic acids is 1. The van der Waals surface area contributed by atoms with E-state index in [9.17, 15) is 4.79 Å². The topological polar surface area (TPSA) is 42.0 Å². The zero-order valence-corrected chi connectivity index (χ0v) is 7.81. The van der Waals surface area contributed by atoms with E-state index in [1.165, 1.54) is 18.3 Å². The van der Waals surface area contributed by atoms with Crippen molar-refractivity contribution in [3.8, 4) is 0 Å². The number of thiazole rings is 1. The number of rotatable bonds is 1. The molecule has 1 N–H and O–H groups in total. The van der Waals surface area contributed by atoms with Gasteiger partial charge in [-0.2, -0.15) is 0 Å². The molecule has 65 valence electrons. The first-order valence-electron chi connectivity index (χ1n) is 3.80. The lowest BCUT2D eigenvalue weighted by Crippen LogP contribution is -2.04.